The van der Waals surface area contributed by atoms with Crippen LogP contribution in [0.15, 0.2) is 42.5 Å². The van der Waals surface area contributed by atoms with Gasteiger partial charge in [-0.1, -0.05) is 19.1 Å². The molecular weight excluding hydrogens is 378 g/mol. The molecule has 6 nitrogen and oxygen atoms in total. The van der Waals surface area contributed by atoms with Crippen LogP contribution >= 0.6 is 0 Å². The summed E-state index contributed by atoms with van der Waals surface area (Å²) in [6.45, 7) is 9.20. The van der Waals surface area contributed by atoms with Gasteiger partial charge in [-0.3, -0.25) is 4.79 Å². The van der Waals surface area contributed by atoms with E-state index in [1.54, 1.807) is 14.2 Å². The summed E-state index contributed by atoms with van der Waals surface area (Å²) in [5.74, 6) is 1.63. The number of methoxy groups -OCH3 is 2. The lowest BCUT2D eigenvalue weighted by molar-refractivity contribution is -1.02. The fourth-order valence-electron chi connectivity index (χ4n) is 4.07. The molecule has 1 aliphatic rings. The van der Waals surface area contributed by atoms with Gasteiger partial charge >= 0.3 is 0 Å². The maximum atomic E-state index is 12.7. The maximum absolute atomic E-state index is 12.7. The molecule has 0 bridgehead atoms. The van der Waals surface area contributed by atoms with Gasteiger partial charge < -0.3 is 24.6 Å². The Kier molecular flexibility index (Phi) is 7.71. The minimum absolute atomic E-state index is 0.0570. The van der Waals surface area contributed by atoms with Crippen LogP contribution in [0.2, 0.25) is 0 Å². The number of ether oxygens (including phenoxy) is 2. The highest BCUT2D eigenvalue weighted by Crippen LogP contribution is 2.27. The Morgan fingerprint density at radius 2 is 1.60 bits per heavy atom. The third-order valence-corrected chi connectivity index (χ3v) is 6.14. The van der Waals surface area contributed by atoms with E-state index in [2.05, 4.69) is 36.5 Å². The van der Waals surface area contributed by atoms with Crippen molar-refractivity contribution in [1.82, 2.24) is 0 Å². The number of nitrogens with one attached hydrogen (secondary N) is 3. The summed E-state index contributed by atoms with van der Waals surface area (Å²) in [7, 11) is 3.32. The van der Waals surface area contributed by atoms with Crippen LogP contribution in [0.25, 0.3) is 0 Å². The number of piperazine rings is 1. The van der Waals surface area contributed by atoms with E-state index >= 15 is 0 Å². The fraction of sp³-hybridized carbons (Fsp3) is 0.458. The number of anilines is 1. The molecule has 1 amide bonds. The van der Waals surface area contributed by atoms with E-state index in [0.29, 0.717) is 0 Å². The molecule has 1 saturated heterocycles. The van der Waals surface area contributed by atoms with Crippen LogP contribution in [0.3, 0.4) is 0 Å². The number of hydrogen-bond donors (Lipinski definition) is 3. The van der Waals surface area contributed by atoms with E-state index in [1.807, 2.05) is 25.1 Å². The summed E-state index contributed by atoms with van der Waals surface area (Å²) in [4.78, 5) is 15.6. The van der Waals surface area contributed by atoms with Gasteiger partial charge in [0.1, 0.15) is 32.7 Å². The van der Waals surface area contributed by atoms with Crippen molar-refractivity contribution in [2.24, 2.45) is 0 Å². The smallest absolute Gasteiger partial charge is 0.282 e. The van der Waals surface area contributed by atoms with Crippen LogP contribution in [0.4, 0.5) is 5.69 Å². The minimum Gasteiger partial charge on any atom is -0.493 e. The van der Waals surface area contributed by atoms with Crippen LogP contribution in [0.1, 0.15) is 25.0 Å². The predicted molar refractivity (Wildman–Crippen MR) is 119 cm³/mol. The highest BCUT2D eigenvalue weighted by molar-refractivity contribution is 5.93. The number of quaternary nitrogens is 2. The average molecular weight is 414 g/mol. The van der Waals surface area contributed by atoms with Gasteiger partial charge in [0.15, 0.2) is 17.5 Å². The van der Waals surface area contributed by atoms with Crippen LogP contribution in [-0.2, 0) is 17.8 Å². The van der Waals surface area contributed by atoms with E-state index in [4.69, 9.17) is 9.47 Å². The zero-order valence-corrected chi connectivity index (χ0v) is 18.6. The molecule has 2 aromatic carbocycles. The largest absolute Gasteiger partial charge is 0.493 e. The molecule has 3 N–H and O–H groups in total. The third-order valence-electron chi connectivity index (χ3n) is 6.14. The highest BCUT2D eigenvalue weighted by atomic mass is 16.5. The summed E-state index contributed by atoms with van der Waals surface area (Å²) in [6.07, 6.45) is 1.00. The summed E-state index contributed by atoms with van der Waals surface area (Å²) < 4.78 is 10.7. The van der Waals surface area contributed by atoms with Crippen molar-refractivity contribution >= 4 is 11.6 Å². The number of rotatable bonds is 8. The number of carbonyl (C=O) groups excluding carboxylic acids is 1. The van der Waals surface area contributed by atoms with E-state index in [0.717, 1.165) is 56.3 Å². The van der Waals surface area contributed by atoms with Gasteiger partial charge in [0.25, 0.3) is 5.91 Å². The molecule has 0 radical (unpaired) electrons. The molecule has 1 aliphatic heterocycles. The average Bonchev–Trinajstić information content (AvgIpc) is 2.79. The van der Waals surface area contributed by atoms with Gasteiger partial charge in [-0.15, -0.1) is 0 Å². The number of hydrogen-bond acceptors (Lipinski definition) is 3. The molecular formula is C24H35N3O3+2. The second-order valence-corrected chi connectivity index (χ2v) is 8.04. The first-order valence-corrected chi connectivity index (χ1v) is 10.8. The Morgan fingerprint density at radius 3 is 2.20 bits per heavy atom. The molecule has 0 saturated carbocycles. The van der Waals surface area contributed by atoms with E-state index in [1.165, 1.54) is 20.9 Å². The SMILES string of the molecule is CCc1ccc(NC(=O)[C@@H](C)[NH+]2CC[NH+](Cc3ccc(OC)c(OC)c3)CC2)cc1. The molecule has 1 fully saturated rings. The molecule has 0 aliphatic carbocycles. The second kappa shape index (κ2) is 10.5. The fourth-order valence-corrected chi connectivity index (χ4v) is 4.07. The van der Waals surface area contributed by atoms with Crippen LogP contribution in [-0.4, -0.2) is 52.3 Å². The number of aryl methyl sites for hydroxylation is 1. The van der Waals surface area contributed by atoms with Crippen molar-refractivity contribution in [3.05, 3.63) is 53.6 Å². The molecule has 0 spiro atoms. The zero-order valence-electron chi connectivity index (χ0n) is 18.6. The molecule has 1 atom stereocenters. The van der Waals surface area contributed by atoms with E-state index < -0.39 is 0 Å². The minimum atomic E-state index is -0.0570. The second-order valence-electron chi connectivity index (χ2n) is 8.04. The van der Waals surface area contributed by atoms with Crippen molar-refractivity contribution < 1.29 is 24.1 Å². The number of amides is 1. The van der Waals surface area contributed by atoms with Crippen LogP contribution in [0.5, 0.6) is 11.5 Å². The number of carbonyl (C=O) groups is 1. The first-order valence-electron chi connectivity index (χ1n) is 10.8. The summed E-state index contributed by atoms with van der Waals surface area (Å²) >= 11 is 0. The number of benzene rings is 2. The Bertz CT molecular complexity index is 830. The molecule has 0 unspecified atom stereocenters. The Hall–Kier alpha value is -2.57. The van der Waals surface area contributed by atoms with E-state index in [9.17, 15) is 4.79 Å². The highest BCUT2D eigenvalue weighted by Gasteiger charge is 2.31. The van der Waals surface area contributed by atoms with Crippen LogP contribution in [0, 0.1) is 0 Å². The van der Waals surface area contributed by atoms with Crippen molar-refractivity contribution in [1.29, 1.82) is 0 Å². The Balaban J connectivity index is 1.50. The molecule has 0 aromatic heterocycles. The molecule has 3 rings (SSSR count). The van der Waals surface area contributed by atoms with Crippen molar-refractivity contribution in [2.75, 3.05) is 45.7 Å². The van der Waals surface area contributed by atoms with Gasteiger partial charge in [0, 0.05) is 11.3 Å². The van der Waals surface area contributed by atoms with Crippen molar-refractivity contribution in [3.63, 3.8) is 0 Å². The van der Waals surface area contributed by atoms with Crippen molar-refractivity contribution in [3.8, 4) is 11.5 Å². The monoisotopic (exact) mass is 413 g/mol. The zero-order chi connectivity index (χ0) is 21.5. The Labute approximate surface area is 179 Å². The van der Waals surface area contributed by atoms with Gasteiger partial charge in [0.05, 0.1) is 14.2 Å². The molecule has 2 aromatic rings. The van der Waals surface area contributed by atoms with Crippen LogP contribution < -0.4 is 24.6 Å². The maximum Gasteiger partial charge on any atom is 0.282 e. The lowest BCUT2D eigenvalue weighted by Crippen LogP contribution is -3.29. The quantitative estimate of drug-likeness (QED) is 0.593. The van der Waals surface area contributed by atoms with E-state index in [-0.39, 0.29) is 11.9 Å². The molecule has 6 heteroatoms. The topological polar surface area (TPSA) is 56.4 Å². The normalized spacial score (nSPS) is 19.7. The lowest BCUT2D eigenvalue weighted by Gasteiger charge is -2.32. The third kappa shape index (κ3) is 5.52. The summed E-state index contributed by atoms with van der Waals surface area (Å²) in [6, 6.07) is 14.2. The van der Waals surface area contributed by atoms with Crippen molar-refractivity contribution in [2.45, 2.75) is 32.9 Å². The molecule has 162 valence electrons. The molecule has 30 heavy (non-hydrogen) atoms. The summed E-state index contributed by atoms with van der Waals surface area (Å²) in [5, 5.41) is 3.07. The van der Waals surface area contributed by atoms with Gasteiger partial charge in [-0.25, -0.2) is 0 Å². The summed E-state index contributed by atoms with van der Waals surface area (Å²) in [5.41, 5.74) is 3.40. The van der Waals surface area contributed by atoms with Gasteiger partial charge in [-0.2, -0.15) is 0 Å². The first kappa shape index (κ1) is 22.1. The lowest BCUT2D eigenvalue weighted by atomic mass is 10.1. The Morgan fingerprint density at radius 1 is 0.967 bits per heavy atom. The standard InChI is InChI=1S/C24H33N3O3/c1-5-19-6-9-21(10-7-19)25-24(28)18(2)27-14-12-26(13-15-27)17-20-8-11-22(29-3)23(16-20)30-4/h6-11,16,18H,5,12-15,17H2,1-4H3,(H,25,28)/p+2/t18-/m1/s1. The van der Waals surface area contributed by atoms with Gasteiger partial charge in [-0.05, 0) is 49.2 Å². The van der Waals surface area contributed by atoms with Gasteiger partial charge in [0.2, 0.25) is 0 Å². The predicted octanol–water partition coefficient (Wildman–Crippen LogP) is 0.577. The molecule has 1 heterocycles. The first-order chi connectivity index (χ1) is 14.5.